The molecule has 2 aromatic rings. The highest BCUT2D eigenvalue weighted by Crippen LogP contribution is 2.31. The molecule has 3 N–H and O–H groups in total. The molecular weight excluding hydrogens is 398 g/mol. The third kappa shape index (κ3) is 6.36. The van der Waals surface area contributed by atoms with E-state index in [1.54, 1.807) is 0 Å². The SMILES string of the molecule is O=C(O)CC(CCCC1CCCCC1)c1nc(CNS(=O)(=O)c2cn[nH]c2)no1. The lowest BCUT2D eigenvalue weighted by Gasteiger charge is -2.21. The fraction of sp³-hybridized carbons (Fsp3) is 0.667. The lowest BCUT2D eigenvalue weighted by atomic mass is 9.84. The number of hydrogen-bond donors (Lipinski definition) is 3. The van der Waals surface area contributed by atoms with Gasteiger partial charge in [0.15, 0.2) is 5.82 Å². The number of sulfonamides is 1. The molecule has 1 aliphatic rings. The topological polar surface area (TPSA) is 151 Å². The Morgan fingerprint density at radius 2 is 2.14 bits per heavy atom. The Morgan fingerprint density at radius 3 is 2.83 bits per heavy atom. The van der Waals surface area contributed by atoms with E-state index in [1.165, 1.54) is 44.5 Å². The van der Waals surface area contributed by atoms with Crippen LogP contribution in [0, 0.1) is 5.92 Å². The van der Waals surface area contributed by atoms with E-state index in [0.717, 1.165) is 18.8 Å². The molecule has 3 rings (SSSR count). The molecule has 2 aromatic heterocycles. The molecule has 1 atom stereocenters. The van der Waals surface area contributed by atoms with E-state index in [-0.39, 0.29) is 35.5 Å². The lowest BCUT2D eigenvalue weighted by Crippen LogP contribution is -2.23. The summed E-state index contributed by atoms with van der Waals surface area (Å²) >= 11 is 0. The summed E-state index contributed by atoms with van der Waals surface area (Å²) in [5.74, 6) is -0.163. The van der Waals surface area contributed by atoms with Crippen LogP contribution < -0.4 is 4.72 Å². The predicted molar refractivity (Wildman–Crippen MR) is 102 cm³/mol. The fourth-order valence-electron chi connectivity index (χ4n) is 3.79. The third-order valence-electron chi connectivity index (χ3n) is 5.35. The molecule has 1 unspecified atom stereocenters. The van der Waals surface area contributed by atoms with Gasteiger partial charge >= 0.3 is 5.97 Å². The van der Waals surface area contributed by atoms with E-state index >= 15 is 0 Å². The third-order valence-corrected chi connectivity index (χ3v) is 6.72. The van der Waals surface area contributed by atoms with Gasteiger partial charge in [0.05, 0.1) is 19.2 Å². The first kappa shape index (κ1) is 21.4. The van der Waals surface area contributed by atoms with E-state index in [1.807, 2.05) is 0 Å². The second-order valence-electron chi connectivity index (χ2n) is 7.54. The van der Waals surface area contributed by atoms with E-state index in [0.29, 0.717) is 6.42 Å². The first-order chi connectivity index (χ1) is 13.9. The highest BCUT2D eigenvalue weighted by molar-refractivity contribution is 7.89. The Bertz CT molecular complexity index is 874. The Kier molecular flexibility index (Phi) is 7.37. The summed E-state index contributed by atoms with van der Waals surface area (Å²) in [6.07, 6.45) is 11.4. The maximum Gasteiger partial charge on any atom is 0.304 e. The summed E-state index contributed by atoms with van der Waals surface area (Å²) in [6, 6.07) is 0. The Balaban J connectivity index is 1.55. The van der Waals surface area contributed by atoms with Crippen LogP contribution in [-0.2, 0) is 21.4 Å². The normalized spacial score (nSPS) is 16.7. The quantitative estimate of drug-likeness (QED) is 0.497. The largest absolute Gasteiger partial charge is 0.481 e. The molecule has 160 valence electrons. The van der Waals surface area contributed by atoms with Gasteiger partial charge in [-0.05, 0) is 12.3 Å². The summed E-state index contributed by atoms with van der Waals surface area (Å²) in [5, 5.41) is 19.1. The van der Waals surface area contributed by atoms with Gasteiger partial charge in [-0.25, -0.2) is 13.1 Å². The molecule has 29 heavy (non-hydrogen) atoms. The van der Waals surface area contributed by atoms with Crippen molar-refractivity contribution in [2.24, 2.45) is 5.92 Å². The zero-order valence-electron chi connectivity index (χ0n) is 16.2. The van der Waals surface area contributed by atoms with Crippen LogP contribution in [0.4, 0.5) is 0 Å². The summed E-state index contributed by atoms with van der Waals surface area (Å²) in [7, 11) is -3.73. The van der Waals surface area contributed by atoms with Crippen molar-refractivity contribution in [3.05, 3.63) is 24.1 Å². The minimum absolute atomic E-state index is 0.00712. The second kappa shape index (κ2) is 9.97. The highest BCUT2D eigenvalue weighted by atomic mass is 32.2. The van der Waals surface area contributed by atoms with Crippen LogP contribution in [0.3, 0.4) is 0 Å². The summed E-state index contributed by atoms with van der Waals surface area (Å²) in [6.45, 7) is -0.154. The number of nitrogens with zero attached hydrogens (tertiary/aromatic N) is 3. The van der Waals surface area contributed by atoms with Crippen molar-refractivity contribution in [1.29, 1.82) is 0 Å². The van der Waals surface area contributed by atoms with Crippen molar-refractivity contribution in [3.8, 4) is 0 Å². The molecule has 2 heterocycles. The molecule has 1 aliphatic carbocycles. The van der Waals surface area contributed by atoms with E-state index in [2.05, 4.69) is 25.1 Å². The van der Waals surface area contributed by atoms with Crippen LogP contribution in [0.5, 0.6) is 0 Å². The summed E-state index contributed by atoms with van der Waals surface area (Å²) in [4.78, 5) is 15.5. The number of carboxylic acids is 1. The van der Waals surface area contributed by atoms with Gasteiger partial charge in [-0.2, -0.15) is 10.1 Å². The summed E-state index contributed by atoms with van der Waals surface area (Å²) in [5.41, 5.74) is 0. The number of H-pyrrole nitrogens is 1. The van der Waals surface area contributed by atoms with Crippen molar-refractivity contribution >= 4 is 16.0 Å². The van der Waals surface area contributed by atoms with Crippen LogP contribution in [-0.4, -0.2) is 39.8 Å². The van der Waals surface area contributed by atoms with Crippen molar-refractivity contribution in [2.45, 2.75) is 75.1 Å². The van der Waals surface area contributed by atoms with Crippen LogP contribution >= 0.6 is 0 Å². The number of carbonyl (C=O) groups is 1. The smallest absolute Gasteiger partial charge is 0.304 e. The van der Waals surface area contributed by atoms with Gasteiger partial charge in [0, 0.05) is 12.1 Å². The molecule has 0 radical (unpaired) electrons. The van der Waals surface area contributed by atoms with Gasteiger partial charge in [0.25, 0.3) is 0 Å². The van der Waals surface area contributed by atoms with Gasteiger partial charge in [-0.15, -0.1) is 0 Å². The molecule has 0 spiro atoms. The number of aromatic nitrogens is 4. The highest BCUT2D eigenvalue weighted by Gasteiger charge is 2.24. The molecule has 0 aliphatic heterocycles. The molecular formula is C18H27N5O5S. The number of aliphatic carboxylic acids is 1. The predicted octanol–water partition coefficient (Wildman–Crippen LogP) is 2.58. The van der Waals surface area contributed by atoms with Gasteiger partial charge in [-0.3, -0.25) is 9.89 Å². The number of hydrogen-bond acceptors (Lipinski definition) is 7. The molecule has 11 heteroatoms. The molecule has 0 bridgehead atoms. The van der Waals surface area contributed by atoms with Gasteiger partial charge < -0.3 is 9.63 Å². The number of rotatable bonds is 11. The first-order valence-corrected chi connectivity index (χ1v) is 11.4. The van der Waals surface area contributed by atoms with Crippen molar-refractivity contribution in [1.82, 2.24) is 25.1 Å². The van der Waals surface area contributed by atoms with Crippen molar-refractivity contribution in [2.75, 3.05) is 0 Å². The molecule has 0 aromatic carbocycles. The Hall–Kier alpha value is -2.27. The van der Waals surface area contributed by atoms with Gasteiger partial charge in [-0.1, -0.05) is 50.1 Å². The standard InChI is InChI=1S/C18H27N5O5S/c24-17(25)9-14(8-4-7-13-5-2-1-3-6-13)18-22-16(23-28-18)12-21-29(26,27)15-10-19-20-11-15/h10-11,13-14,21H,1-9,12H2,(H,19,20)(H,24,25). The average molecular weight is 426 g/mol. The molecule has 0 saturated heterocycles. The van der Waals surface area contributed by atoms with Crippen LogP contribution in [0.25, 0.3) is 0 Å². The molecule has 1 saturated carbocycles. The Labute approximate surface area is 169 Å². The average Bonchev–Trinajstić information content (AvgIpc) is 3.39. The minimum Gasteiger partial charge on any atom is -0.481 e. The number of nitrogens with one attached hydrogen (secondary N) is 2. The number of aromatic amines is 1. The monoisotopic (exact) mass is 425 g/mol. The fourth-order valence-corrected chi connectivity index (χ4v) is 4.67. The van der Waals surface area contributed by atoms with E-state index in [4.69, 9.17) is 4.52 Å². The zero-order chi connectivity index (χ0) is 20.7. The maximum atomic E-state index is 12.1. The number of carboxylic acid groups (broad SMARTS) is 1. The Morgan fingerprint density at radius 1 is 1.34 bits per heavy atom. The summed E-state index contributed by atoms with van der Waals surface area (Å²) < 4.78 is 31.8. The second-order valence-corrected chi connectivity index (χ2v) is 9.30. The van der Waals surface area contributed by atoms with Crippen molar-refractivity contribution < 1.29 is 22.8 Å². The lowest BCUT2D eigenvalue weighted by molar-refractivity contribution is -0.137. The van der Waals surface area contributed by atoms with Crippen molar-refractivity contribution in [3.63, 3.8) is 0 Å². The van der Waals surface area contributed by atoms with Crippen LogP contribution in [0.1, 0.15) is 75.4 Å². The van der Waals surface area contributed by atoms with Crippen LogP contribution in [0.15, 0.2) is 21.8 Å². The maximum absolute atomic E-state index is 12.1. The molecule has 1 fully saturated rings. The van der Waals surface area contributed by atoms with Crippen LogP contribution in [0.2, 0.25) is 0 Å². The molecule has 10 nitrogen and oxygen atoms in total. The zero-order valence-corrected chi connectivity index (χ0v) is 17.0. The van der Waals surface area contributed by atoms with E-state index < -0.39 is 16.0 Å². The van der Waals surface area contributed by atoms with Gasteiger partial charge in [0.2, 0.25) is 15.9 Å². The van der Waals surface area contributed by atoms with E-state index in [9.17, 15) is 18.3 Å². The minimum atomic E-state index is -3.73. The van der Waals surface area contributed by atoms with Gasteiger partial charge in [0.1, 0.15) is 4.90 Å². The first-order valence-electron chi connectivity index (χ1n) is 9.97. The molecule has 0 amide bonds.